The van der Waals surface area contributed by atoms with Crippen molar-refractivity contribution < 1.29 is 18.0 Å². The van der Waals surface area contributed by atoms with Crippen molar-refractivity contribution in [2.75, 3.05) is 13.1 Å². The Bertz CT molecular complexity index is 1520. The number of halogens is 2. The van der Waals surface area contributed by atoms with Gasteiger partial charge in [0.2, 0.25) is 5.91 Å². The van der Waals surface area contributed by atoms with Gasteiger partial charge in [-0.05, 0) is 48.7 Å². The molecule has 4 rings (SSSR count). The van der Waals surface area contributed by atoms with Gasteiger partial charge in [0.05, 0.1) is 27.2 Å². The zero-order valence-corrected chi connectivity index (χ0v) is 21.8. The van der Waals surface area contributed by atoms with Crippen LogP contribution in [0.4, 0.5) is 0 Å². The molecule has 188 valence electrons. The van der Waals surface area contributed by atoms with Crippen molar-refractivity contribution in [1.29, 1.82) is 5.26 Å². The average molecular weight is 548 g/mol. The number of carbonyl (C=O) groups excluding carboxylic acids is 2. The first-order valence-electron chi connectivity index (χ1n) is 11.0. The number of hydrogen-bond acceptors (Lipinski definition) is 5. The summed E-state index contributed by atoms with van der Waals surface area (Å²) in [5.41, 5.74) is 1.22. The molecule has 3 aromatic rings. The third kappa shape index (κ3) is 4.80. The van der Waals surface area contributed by atoms with Crippen LogP contribution in [0.5, 0.6) is 0 Å². The summed E-state index contributed by atoms with van der Waals surface area (Å²) in [7, 11) is -2.26. The maximum Gasteiger partial charge on any atom is 0.303 e. The number of nitriles is 1. The zero-order valence-electron chi connectivity index (χ0n) is 19.5. The molecule has 0 bridgehead atoms. The summed E-state index contributed by atoms with van der Waals surface area (Å²) in [6.07, 6.45) is 0.450. The molecule has 0 radical (unpaired) electrons. The van der Waals surface area contributed by atoms with E-state index in [1.54, 1.807) is 54.1 Å². The highest BCUT2D eigenvalue weighted by Crippen LogP contribution is 2.36. The Morgan fingerprint density at radius 2 is 1.81 bits per heavy atom. The summed E-state index contributed by atoms with van der Waals surface area (Å²) >= 11 is 12.5. The van der Waals surface area contributed by atoms with E-state index < -0.39 is 21.7 Å². The first-order chi connectivity index (χ1) is 17.0. The lowest BCUT2D eigenvalue weighted by Gasteiger charge is -2.42. The van der Waals surface area contributed by atoms with E-state index in [-0.39, 0.29) is 31.8 Å². The van der Waals surface area contributed by atoms with E-state index in [9.17, 15) is 23.3 Å². The second-order valence-electron chi connectivity index (χ2n) is 8.67. The van der Waals surface area contributed by atoms with E-state index >= 15 is 0 Å². The van der Waals surface area contributed by atoms with Crippen LogP contribution in [0.15, 0.2) is 42.5 Å². The molecule has 2 heterocycles. The monoisotopic (exact) mass is 547 g/mol. The summed E-state index contributed by atoms with van der Waals surface area (Å²) in [6.45, 7) is 1.23. The van der Waals surface area contributed by atoms with Crippen molar-refractivity contribution in [3.63, 3.8) is 0 Å². The van der Waals surface area contributed by atoms with E-state index in [0.29, 0.717) is 32.3 Å². The van der Waals surface area contributed by atoms with Gasteiger partial charge in [0.25, 0.3) is 5.91 Å². The van der Waals surface area contributed by atoms with Gasteiger partial charge in [-0.3, -0.25) is 9.59 Å². The minimum Gasteiger partial charge on any atom is -0.341 e. The van der Waals surface area contributed by atoms with Crippen molar-refractivity contribution in [1.82, 2.24) is 18.9 Å². The van der Waals surface area contributed by atoms with Crippen LogP contribution in [0.25, 0.3) is 10.9 Å². The Labute approximate surface area is 218 Å². The van der Waals surface area contributed by atoms with Crippen molar-refractivity contribution in [2.24, 2.45) is 7.05 Å². The molecule has 0 atom stereocenters. The van der Waals surface area contributed by atoms with E-state index in [1.807, 2.05) is 4.72 Å². The molecular formula is C24H23Cl2N5O4S. The SMILES string of the molecule is CC(=O)NS(=O)(=O)N1CCC(NC(=O)c2cc3c(Cl)c(Cl)ccc3n2C)(c2cccc(C#N)c2)CC1. The molecule has 1 aliphatic rings. The van der Waals surface area contributed by atoms with Crippen LogP contribution in [0.2, 0.25) is 10.0 Å². The number of amides is 2. The summed E-state index contributed by atoms with van der Waals surface area (Å²) in [5.74, 6) is -1.07. The number of carbonyl (C=O) groups is 2. The molecule has 36 heavy (non-hydrogen) atoms. The fraction of sp³-hybridized carbons (Fsp3) is 0.292. The molecule has 9 nitrogen and oxygen atoms in total. The Morgan fingerprint density at radius 3 is 2.44 bits per heavy atom. The number of nitrogens with one attached hydrogen (secondary N) is 2. The number of fused-ring (bicyclic) bond motifs is 1. The van der Waals surface area contributed by atoms with Gasteiger partial charge in [0.1, 0.15) is 5.69 Å². The van der Waals surface area contributed by atoms with Gasteiger partial charge >= 0.3 is 10.2 Å². The number of rotatable bonds is 5. The summed E-state index contributed by atoms with van der Waals surface area (Å²) in [4.78, 5) is 24.9. The molecule has 0 aliphatic carbocycles. The fourth-order valence-corrected chi connectivity index (χ4v) is 6.11. The van der Waals surface area contributed by atoms with Crippen LogP contribution in [-0.4, -0.2) is 42.2 Å². The van der Waals surface area contributed by atoms with Crippen LogP contribution in [-0.2, 0) is 27.6 Å². The number of aryl methyl sites for hydroxylation is 1. The highest BCUT2D eigenvalue weighted by Gasteiger charge is 2.41. The summed E-state index contributed by atoms with van der Waals surface area (Å²) in [5, 5.41) is 13.9. The van der Waals surface area contributed by atoms with Gasteiger partial charge in [-0.15, -0.1) is 0 Å². The second-order valence-corrected chi connectivity index (χ2v) is 11.1. The lowest BCUT2D eigenvalue weighted by atomic mass is 9.80. The molecule has 2 aromatic carbocycles. The highest BCUT2D eigenvalue weighted by molar-refractivity contribution is 7.87. The van der Waals surface area contributed by atoms with Gasteiger partial charge in [-0.1, -0.05) is 35.3 Å². The average Bonchev–Trinajstić information content (AvgIpc) is 3.18. The Balaban J connectivity index is 1.71. The predicted octanol–water partition coefficient (Wildman–Crippen LogP) is 3.46. The quantitative estimate of drug-likeness (QED) is 0.506. The highest BCUT2D eigenvalue weighted by atomic mass is 35.5. The fourth-order valence-electron chi connectivity index (χ4n) is 4.58. The topological polar surface area (TPSA) is 124 Å². The molecule has 0 unspecified atom stereocenters. The third-order valence-corrected chi connectivity index (χ3v) is 8.84. The van der Waals surface area contributed by atoms with Gasteiger partial charge < -0.3 is 9.88 Å². The van der Waals surface area contributed by atoms with Gasteiger partial charge in [0, 0.05) is 38.0 Å². The lowest BCUT2D eigenvalue weighted by Crippen LogP contribution is -2.56. The summed E-state index contributed by atoms with van der Waals surface area (Å²) < 4.78 is 29.9. The van der Waals surface area contributed by atoms with Gasteiger partial charge in [-0.25, -0.2) is 4.72 Å². The number of aromatic nitrogens is 1. The maximum absolute atomic E-state index is 13.6. The van der Waals surface area contributed by atoms with E-state index in [4.69, 9.17) is 23.2 Å². The van der Waals surface area contributed by atoms with Gasteiger partial charge in [-0.2, -0.15) is 18.0 Å². The smallest absolute Gasteiger partial charge is 0.303 e. The van der Waals surface area contributed by atoms with E-state index in [2.05, 4.69) is 11.4 Å². The molecule has 0 saturated carbocycles. The zero-order chi connectivity index (χ0) is 26.3. The Hall–Kier alpha value is -3.10. The first kappa shape index (κ1) is 26.0. The van der Waals surface area contributed by atoms with Crippen LogP contribution in [0, 0.1) is 11.3 Å². The van der Waals surface area contributed by atoms with Crippen LogP contribution in [0.3, 0.4) is 0 Å². The molecular weight excluding hydrogens is 525 g/mol. The number of nitrogens with zero attached hydrogens (tertiary/aromatic N) is 3. The second kappa shape index (κ2) is 9.75. The molecule has 1 saturated heterocycles. The third-order valence-electron chi connectivity index (χ3n) is 6.43. The molecule has 2 N–H and O–H groups in total. The van der Waals surface area contributed by atoms with Crippen molar-refractivity contribution in [3.05, 3.63) is 69.3 Å². The maximum atomic E-state index is 13.6. The molecule has 2 amide bonds. The lowest BCUT2D eigenvalue weighted by molar-refractivity contribution is -0.117. The molecule has 12 heteroatoms. The molecule has 1 fully saturated rings. The van der Waals surface area contributed by atoms with E-state index in [0.717, 1.165) is 12.4 Å². The summed E-state index contributed by atoms with van der Waals surface area (Å²) in [6, 6.07) is 14.1. The number of piperidine rings is 1. The van der Waals surface area contributed by atoms with E-state index in [1.165, 1.54) is 4.31 Å². The largest absolute Gasteiger partial charge is 0.341 e. The normalized spacial score (nSPS) is 15.9. The minimum atomic E-state index is -4.00. The van der Waals surface area contributed by atoms with Crippen LogP contribution in [0.1, 0.15) is 41.4 Å². The van der Waals surface area contributed by atoms with Crippen LogP contribution < -0.4 is 10.0 Å². The molecule has 1 aliphatic heterocycles. The standard InChI is InChI=1S/C24H23Cl2N5O4S/c1-15(32)29-36(34,35)31-10-8-24(9-11-31,17-5-3-4-16(12-17)14-27)28-23(33)21-13-18-20(30(21)2)7-6-19(25)22(18)26/h3-7,12-13H,8-11H2,1-2H3,(H,28,33)(H,29,32). The van der Waals surface area contributed by atoms with Crippen LogP contribution >= 0.6 is 23.2 Å². The van der Waals surface area contributed by atoms with Crippen molar-refractivity contribution in [2.45, 2.75) is 25.3 Å². The minimum absolute atomic E-state index is 0.0518. The van der Waals surface area contributed by atoms with Crippen molar-refractivity contribution in [3.8, 4) is 6.07 Å². The predicted molar refractivity (Wildman–Crippen MR) is 137 cm³/mol. The van der Waals surface area contributed by atoms with Crippen molar-refractivity contribution >= 4 is 56.1 Å². The Kier molecular flexibility index (Phi) is 7.03. The van der Waals surface area contributed by atoms with Gasteiger partial charge in [0.15, 0.2) is 0 Å². The Morgan fingerprint density at radius 1 is 1.11 bits per heavy atom. The number of benzene rings is 2. The molecule has 0 spiro atoms. The molecule has 1 aromatic heterocycles. The number of hydrogen-bond donors (Lipinski definition) is 2. The first-order valence-corrected chi connectivity index (χ1v) is 13.2.